The molecule has 1 nitrogen and oxygen atoms in total. The molecule has 4 aromatic carbocycles. The van der Waals surface area contributed by atoms with Crippen LogP contribution in [0.3, 0.4) is 0 Å². The van der Waals surface area contributed by atoms with Crippen molar-refractivity contribution in [1.82, 2.24) is 4.98 Å². The Morgan fingerprint density at radius 2 is 1.44 bits per heavy atom. The topological polar surface area (TPSA) is 15.8 Å². The van der Waals surface area contributed by atoms with E-state index in [0.29, 0.717) is 0 Å². The van der Waals surface area contributed by atoms with Crippen LogP contribution in [-0.4, -0.2) is 4.98 Å². The van der Waals surface area contributed by atoms with Gasteiger partial charge in [0.15, 0.2) is 0 Å². The lowest BCUT2D eigenvalue weighted by molar-refractivity contribution is 1.52. The first-order valence-electron chi connectivity index (χ1n) is 10.9. The molecule has 0 aliphatic carbocycles. The molecule has 0 saturated carbocycles. The summed E-state index contributed by atoms with van der Waals surface area (Å²) in [6.45, 7) is 6.25. The van der Waals surface area contributed by atoms with Gasteiger partial charge in [0.1, 0.15) is 0 Å². The van der Waals surface area contributed by atoms with Crippen molar-refractivity contribution in [3.05, 3.63) is 127 Å². The van der Waals surface area contributed by atoms with E-state index in [1.54, 1.807) is 0 Å². The van der Waals surface area contributed by atoms with Gasteiger partial charge in [-0.25, -0.2) is 0 Å². The lowest BCUT2D eigenvalue weighted by atomic mass is 9.95. The van der Waals surface area contributed by atoms with Crippen molar-refractivity contribution in [2.75, 3.05) is 0 Å². The van der Waals surface area contributed by atoms with E-state index >= 15 is 0 Å². The minimum atomic E-state index is 0.997. The molecule has 0 atom stereocenters. The lowest BCUT2D eigenvalue weighted by Gasteiger charge is -2.09. The molecule has 0 unspecified atom stereocenters. The molecule has 1 heteroatoms. The molecular formula is C31H25N. The van der Waals surface area contributed by atoms with Crippen molar-refractivity contribution in [3.63, 3.8) is 0 Å². The van der Waals surface area contributed by atoms with E-state index < -0.39 is 0 Å². The summed E-state index contributed by atoms with van der Waals surface area (Å²) in [4.78, 5) is 3.71. The minimum Gasteiger partial charge on any atom is -0.354 e. The first-order valence-corrected chi connectivity index (χ1v) is 10.9. The molecule has 0 spiro atoms. The van der Waals surface area contributed by atoms with Crippen LogP contribution in [0.25, 0.3) is 49.6 Å². The number of aromatic amines is 1. The second-order valence-corrected chi connectivity index (χ2v) is 7.97. The van der Waals surface area contributed by atoms with Crippen LogP contribution in [0.2, 0.25) is 0 Å². The van der Waals surface area contributed by atoms with E-state index in [4.69, 9.17) is 0 Å². The zero-order valence-corrected chi connectivity index (χ0v) is 18.2. The molecule has 0 saturated heterocycles. The number of rotatable bonds is 5. The third-order valence-corrected chi connectivity index (χ3v) is 5.87. The smallest absolute Gasteiger partial charge is 0.0544 e. The van der Waals surface area contributed by atoms with Gasteiger partial charge in [-0.2, -0.15) is 0 Å². The average molecular weight is 412 g/mol. The Morgan fingerprint density at radius 3 is 2.16 bits per heavy atom. The number of H-pyrrole nitrogens is 1. The first-order chi connectivity index (χ1) is 15.7. The van der Waals surface area contributed by atoms with Gasteiger partial charge in [0.2, 0.25) is 0 Å². The molecule has 5 rings (SSSR count). The van der Waals surface area contributed by atoms with Crippen LogP contribution in [0.15, 0.2) is 122 Å². The van der Waals surface area contributed by atoms with E-state index in [1.807, 2.05) is 31.2 Å². The number of allylic oxidation sites excluding steroid dienone is 5. The molecule has 0 aliphatic rings. The highest BCUT2D eigenvalue weighted by Crippen LogP contribution is 2.38. The fraction of sp³-hybridized carbons (Fsp3) is 0.0323. The highest BCUT2D eigenvalue weighted by molar-refractivity contribution is 6.14. The fourth-order valence-corrected chi connectivity index (χ4v) is 4.23. The van der Waals surface area contributed by atoms with Crippen molar-refractivity contribution in [2.45, 2.75) is 6.92 Å². The maximum absolute atomic E-state index is 4.24. The van der Waals surface area contributed by atoms with Crippen LogP contribution >= 0.6 is 0 Å². The lowest BCUT2D eigenvalue weighted by Crippen LogP contribution is -1.84. The van der Waals surface area contributed by atoms with E-state index in [-0.39, 0.29) is 0 Å². The molecule has 0 aliphatic heterocycles. The Hall–Kier alpha value is -4.10. The van der Waals surface area contributed by atoms with Crippen LogP contribution in [-0.2, 0) is 0 Å². The summed E-state index contributed by atoms with van der Waals surface area (Å²) in [6, 6.07) is 32.4. The Balaban J connectivity index is 1.73. The Kier molecular flexibility index (Phi) is 5.31. The largest absolute Gasteiger partial charge is 0.354 e. The fourth-order valence-electron chi connectivity index (χ4n) is 4.23. The predicted octanol–water partition coefficient (Wildman–Crippen LogP) is 8.80. The van der Waals surface area contributed by atoms with Gasteiger partial charge < -0.3 is 4.98 Å². The summed E-state index contributed by atoms with van der Waals surface area (Å²) in [7, 11) is 0. The number of hydrogen-bond acceptors (Lipinski definition) is 0. The van der Waals surface area contributed by atoms with Crippen molar-refractivity contribution in [3.8, 4) is 22.3 Å². The van der Waals surface area contributed by atoms with Crippen LogP contribution in [0, 0.1) is 0 Å². The molecule has 0 fully saturated rings. The summed E-state index contributed by atoms with van der Waals surface area (Å²) < 4.78 is 0. The third-order valence-electron chi connectivity index (χ3n) is 5.87. The summed E-state index contributed by atoms with van der Waals surface area (Å²) in [5.41, 5.74) is 9.28. The van der Waals surface area contributed by atoms with E-state index in [0.717, 1.165) is 22.2 Å². The van der Waals surface area contributed by atoms with Crippen molar-refractivity contribution < 1.29 is 0 Å². The molecule has 0 radical (unpaired) electrons. The first kappa shape index (κ1) is 19.8. The molecule has 0 amide bonds. The molecule has 5 aromatic rings. The van der Waals surface area contributed by atoms with Crippen LogP contribution in [0.5, 0.6) is 0 Å². The van der Waals surface area contributed by atoms with Gasteiger partial charge in [-0.05, 0) is 52.9 Å². The molecule has 0 bridgehead atoms. The zero-order valence-electron chi connectivity index (χ0n) is 18.2. The Labute approximate surface area is 189 Å². The van der Waals surface area contributed by atoms with Crippen LogP contribution in [0.4, 0.5) is 0 Å². The number of aromatic nitrogens is 1. The van der Waals surface area contributed by atoms with Gasteiger partial charge in [0.05, 0.1) is 5.52 Å². The zero-order chi connectivity index (χ0) is 21.9. The Bertz CT molecular complexity index is 1470. The van der Waals surface area contributed by atoms with E-state index in [9.17, 15) is 0 Å². The highest BCUT2D eigenvalue weighted by Gasteiger charge is 2.13. The molecule has 32 heavy (non-hydrogen) atoms. The van der Waals surface area contributed by atoms with Crippen molar-refractivity contribution >= 4 is 27.4 Å². The van der Waals surface area contributed by atoms with Gasteiger partial charge in [0, 0.05) is 21.9 Å². The number of hydrogen-bond donors (Lipinski definition) is 1. The molecule has 1 aromatic heterocycles. The second-order valence-electron chi connectivity index (χ2n) is 7.97. The summed E-state index contributed by atoms with van der Waals surface area (Å²) >= 11 is 0. The van der Waals surface area contributed by atoms with Gasteiger partial charge >= 0.3 is 0 Å². The SMILES string of the molecule is C=C(/C=C\C=C/C)c1ccc2c(c1)[nH]c1c(-c3ccccc3)cc(-c3ccccc3)cc12. The van der Waals surface area contributed by atoms with Gasteiger partial charge in [-0.15, -0.1) is 0 Å². The maximum atomic E-state index is 4.24. The highest BCUT2D eigenvalue weighted by atomic mass is 14.7. The monoisotopic (exact) mass is 411 g/mol. The van der Waals surface area contributed by atoms with Crippen LogP contribution in [0.1, 0.15) is 12.5 Å². The third kappa shape index (κ3) is 3.70. The number of benzene rings is 4. The van der Waals surface area contributed by atoms with Crippen molar-refractivity contribution in [2.24, 2.45) is 0 Å². The normalized spacial score (nSPS) is 11.8. The standard InChI is InChI=1S/C31H25N/c1-3-4-7-12-22(2)25-17-18-27-29-20-26(23-13-8-5-9-14-23)19-28(24-15-10-6-11-16-24)31(29)32-30(27)21-25/h3-21,32H,2H2,1H3/b4-3-,12-7-. The summed E-state index contributed by atoms with van der Waals surface area (Å²) in [6.07, 6.45) is 8.11. The van der Waals surface area contributed by atoms with Crippen LogP contribution < -0.4 is 0 Å². The predicted molar refractivity (Wildman–Crippen MR) is 140 cm³/mol. The maximum Gasteiger partial charge on any atom is 0.0544 e. The number of fused-ring (bicyclic) bond motifs is 3. The molecule has 1 N–H and O–H groups in total. The van der Waals surface area contributed by atoms with Crippen molar-refractivity contribution in [1.29, 1.82) is 0 Å². The van der Waals surface area contributed by atoms with Gasteiger partial charge in [-0.3, -0.25) is 0 Å². The Morgan fingerprint density at radius 1 is 0.719 bits per heavy atom. The van der Waals surface area contributed by atoms with E-state index in [1.165, 1.54) is 33.0 Å². The molecule has 1 heterocycles. The quantitative estimate of drug-likeness (QED) is 0.278. The molecule has 154 valence electrons. The van der Waals surface area contributed by atoms with Gasteiger partial charge in [-0.1, -0.05) is 104 Å². The second kappa shape index (κ2) is 8.56. The van der Waals surface area contributed by atoms with Gasteiger partial charge in [0.25, 0.3) is 0 Å². The summed E-state index contributed by atoms with van der Waals surface area (Å²) in [5.74, 6) is 0. The molecular weight excluding hydrogens is 386 g/mol. The number of nitrogens with one attached hydrogen (secondary N) is 1. The summed E-state index contributed by atoms with van der Waals surface area (Å²) in [5, 5.41) is 2.46. The van der Waals surface area contributed by atoms with E-state index in [2.05, 4.69) is 103 Å². The minimum absolute atomic E-state index is 0.997. The average Bonchev–Trinajstić information content (AvgIpc) is 3.22.